The van der Waals surface area contributed by atoms with Crippen LogP contribution in [0, 0.1) is 5.82 Å². The van der Waals surface area contributed by atoms with E-state index in [1.54, 1.807) is 30.5 Å². The van der Waals surface area contributed by atoms with Crippen LogP contribution in [0.1, 0.15) is 16.2 Å². The summed E-state index contributed by atoms with van der Waals surface area (Å²) in [6.45, 7) is 0.250. The number of aromatic nitrogens is 2. The zero-order chi connectivity index (χ0) is 17.2. The topological polar surface area (TPSA) is 60.1 Å². The lowest BCUT2D eigenvalue weighted by atomic mass is 10.2. The highest BCUT2D eigenvalue weighted by Gasteiger charge is 2.12. The maximum absolute atomic E-state index is 13.8. The van der Waals surface area contributed by atoms with Crippen molar-refractivity contribution in [3.8, 4) is 5.69 Å². The predicted octanol–water partition coefficient (Wildman–Crippen LogP) is 3.69. The predicted molar refractivity (Wildman–Crippen MR) is 90.9 cm³/mol. The summed E-state index contributed by atoms with van der Waals surface area (Å²) in [6, 6.07) is 17.3. The van der Waals surface area contributed by atoms with Gasteiger partial charge < -0.3 is 9.73 Å². The van der Waals surface area contributed by atoms with Gasteiger partial charge in [0.15, 0.2) is 5.69 Å². The Balaban J connectivity index is 1.47. The molecule has 2 aromatic carbocycles. The first kappa shape index (κ1) is 15.1. The standard InChI is InChI=1S/C19H14FN3O2/c20-15-6-2-3-7-17(15)23-10-9-16(22-23)19(24)21-12-14-11-13-5-1-4-8-18(13)25-14/h1-11H,12H2,(H,21,24). The molecule has 0 aliphatic heterocycles. The van der Waals surface area contributed by atoms with Crippen molar-refractivity contribution in [2.45, 2.75) is 6.54 Å². The lowest BCUT2D eigenvalue weighted by Gasteiger charge is -2.02. The molecule has 25 heavy (non-hydrogen) atoms. The number of rotatable bonds is 4. The molecular formula is C19H14FN3O2. The molecule has 0 radical (unpaired) electrons. The molecule has 0 aliphatic carbocycles. The van der Waals surface area contributed by atoms with Crippen LogP contribution in [0.2, 0.25) is 0 Å². The number of furan rings is 1. The average Bonchev–Trinajstić information content (AvgIpc) is 3.27. The van der Waals surface area contributed by atoms with Crippen molar-refractivity contribution in [3.63, 3.8) is 0 Å². The Morgan fingerprint density at radius 1 is 1.12 bits per heavy atom. The van der Waals surface area contributed by atoms with E-state index in [4.69, 9.17) is 4.42 Å². The molecule has 0 bridgehead atoms. The monoisotopic (exact) mass is 335 g/mol. The molecule has 0 aliphatic rings. The van der Waals surface area contributed by atoms with Crippen molar-refractivity contribution >= 4 is 16.9 Å². The minimum Gasteiger partial charge on any atom is -0.459 e. The van der Waals surface area contributed by atoms with Gasteiger partial charge in [-0.05, 0) is 30.3 Å². The van der Waals surface area contributed by atoms with Crippen LogP contribution < -0.4 is 5.32 Å². The van der Waals surface area contributed by atoms with E-state index in [1.807, 2.05) is 30.3 Å². The van der Waals surface area contributed by atoms with Crippen LogP contribution >= 0.6 is 0 Å². The molecule has 1 N–H and O–H groups in total. The van der Waals surface area contributed by atoms with Crippen LogP contribution in [0.4, 0.5) is 4.39 Å². The van der Waals surface area contributed by atoms with Crippen LogP contribution in [0.5, 0.6) is 0 Å². The van der Waals surface area contributed by atoms with Gasteiger partial charge in [0.2, 0.25) is 0 Å². The van der Waals surface area contributed by atoms with Crippen molar-refractivity contribution in [2.75, 3.05) is 0 Å². The second-order valence-electron chi connectivity index (χ2n) is 5.53. The van der Waals surface area contributed by atoms with Gasteiger partial charge in [0, 0.05) is 11.6 Å². The molecule has 0 atom stereocenters. The van der Waals surface area contributed by atoms with Gasteiger partial charge in [-0.3, -0.25) is 4.79 Å². The Kier molecular flexibility index (Phi) is 3.78. The van der Waals surface area contributed by atoms with E-state index in [0.29, 0.717) is 11.4 Å². The quantitative estimate of drug-likeness (QED) is 0.619. The van der Waals surface area contributed by atoms with E-state index in [0.717, 1.165) is 11.0 Å². The van der Waals surface area contributed by atoms with Crippen molar-refractivity contribution in [1.82, 2.24) is 15.1 Å². The number of benzene rings is 2. The van der Waals surface area contributed by atoms with Crippen LogP contribution in [0.15, 0.2) is 71.3 Å². The first-order valence-corrected chi connectivity index (χ1v) is 7.77. The molecule has 6 heteroatoms. The number of amides is 1. The molecule has 2 heterocycles. The van der Waals surface area contributed by atoms with E-state index < -0.39 is 5.82 Å². The van der Waals surface area contributed by atoms with E-state index >= 15 is 0 Å². The Hall–Kier alpha value is -3.41. The number of halogens is 1. The van der Waals surface area contributed by atoms with E-state index in [2.05, 4.69) is 10.4 Å². The van der Waals surface area contributed by atoms with E-state index in [9.17, 15) is 9.18 Å². The fourth-order valence-corrected chi connectivity index (χ4v) is 2.60. The third-order valence-electron chi connectivity index (χ3n) is 3.82. The van der Waals surface area contributed by atoms with Crippen LogP contribution in [-0.4, -0.2) is 15.7 Å². The van der Waals surface area contributed by atoms with Crippen molar-refractivity contribution in [2.24, 2.45) is 0 Å². The summed E-state index contributed by atoms with van der Waals surface area (Å²) in [7, 11) is 0. The van der Waals surface area contributed by atoms with E-state index in [1.165, 1.54) is 10.7 Å². The zero-order valence-corrected chi connectivity index (χ0v) is 13.1. The molecule has 0 fully saturated rings. The SMILES string of the molecule is O=C(NCc1cc2ccccc2o1)c1ccn(-c2ccccc2F)n1. The molecule has 4 aromatic rings. The smallest absolute Gasteiger partial charge is 0.272 e. The largest absolute Gasteiger partial charge is 0.459 e. The summed E-state index contributed by atoms with van der Waals surface area (Å²) in [5.74, 6) is -0.0986. The van der Waals surface area contributed by atoms with Gasteiger partial charge >= 0.3 is 0 Å². The summed E-state index contributed by atoms with van der Waals surface area (Å²) in [4.78, 5) is 12.2. The minimum absolute atomic E-state index is 0.208. The number of hydrogen-bond acceptors (Lipinski definition) is 3. The van der Waals surface area contributed by atoms with Gasteiger partial charge in [-0.15, -0.1) is 0 Å². The molecule has 1 amide bonds. The van der Waals surface area contributed by atoms with Crippen LogP contribution in [0.3, 0.4) is 0 Å². The second kappa shape index (κ2) is 6.24. The Bertz CT molecular complexity index is 1020. The van der Waals surface area contributed by atoms with E-state index in [-0.39, 0.29) is 18.1 Å². The molecule has 124 valence electrons. The fraction of sp³-hybridized carbons (Fsp3) is 0.0526. The third-order valence-corrected chi connectivity index (χ3v) is 3.82. The zero-order valence-electron chi connectivity index (χ0n) is 13.1. The Morgan fingerprint density at radius 3 is 2.76 bits per heavy atom. The normalized spacial score (nSPS) is 10.9. The summed E-state index contributed by atoms with van der Waals surface area (Å²) >= 11 is 0. The summed E-state index contributed by atoms with van der Waals surface area (Å²) < 4.78 is 20.8. The summed E-state index contributed by atoms with van der Waals surface area (Å²) in [6.07, 6.45) is 1.55. The molecule has 5 nitrogen and oxygen atoms in total. The lowest BCUT2D eigenvalue weighted by Crippen LogP contribution is -2.23. The van der Waals surface area contributed by atoms with Crippen molar-refractivity contribution in [3.05, 3.63) is 84.1 Å². The molecule has 0 saturated heterocycles. The number of nitrogens with zero attached hydrogens (tertiary/aromatic N) is 2. The van der Waals surface area contributed by atoms with Gasteiger partial charge in [0.1, 0.15) is 22.8 Å². The highest BCUT2D eigenvalue weighted by molar-refractivity contribution is 5.92. The maximum Gasteiger partial charge on any atom is 0.272 e. The fourth-order valence-electron chi connectivity index (χ4n) is 2.60. The lowest BCUT2D eigenvalue weighted by molar-refractivity contribution is 0.0943. The first-order valence-electron chi connectivity index (χ1n) is 7.77. The number of carbonyl (C=O) groups excluding carboxylic acids is 1. The maximum atomic E-state index is 13.8. The number of fused-ring (bicyclic) bond motifs is 1. The van der Waals surface area contributed by atoms with Crippen molar-refractivity contribution in [1.29, 1.82) is 0 Å². The summed E-state index contributed by atoms with van der Waals surface area (Å²) in [5.41, 5.74) is 1.27. The van der Waals surface area contributed by atoms with Gasteiger partial charge in [-0.25, -0.2) is 9.07 Å². The number of nitrogens with one attached hydrogen (secondary N) is 1. The van der Waals surface area contributed by atoms with Crippen molar-refractivity contribution < 1.29 is 13.6 Å². The number of hydrogen-bond donors (Lipinski definition) is 1. The second-order valence-corrected chi connectivity index (χ2v) is 5.53. The Morgan fingerprint density at radius 2 is 1.92 bits per heavy atom. The average molecular weight is 335 g/mol. The van der Waals surface area contributed by atoms with Gasteiger partial charge in [-0.2, -0.15) is 5.10 Å². The molecule has 0 unspecified atom stereocenters. The summed E-state index contributed by atoms with van der Waals surface area (Å²) in [5, 5.41) is 7.87. The van der Waals surface area contributed by atoms with Gasteiger partial charge in [0.05, 0.1) is 6.54 Å². The molecule has 2 aromatic heterocycles. The van der Waals surface area contributed by atoms with Crippen LogP contribution in [-0.2, 0) is 6.54 Å². The highest BCUT2D eigenvalue weighted by Crippen LogP contribution is 2.18. The number of para-hydroxylation sites is 2. The molecular weight excluding hydrogens is 321 g/mol. The third kappa shape index (κ3) is 3.01. The first-order chi connectivity index (χ1) is 12.2. The molecule has 0 saturated carbocycles. The minimum atomic E-state index is -0.403. The highest BCUT2D eigenvalue weighted by atomic mass is 19.1. The Labute approximate surface area is 142 Å². The number of carbonyl (C=O) groups is 1. The molecule has 4 rings (SSSR count). The van der Waals surface area contributed by atoms with Gasteiger partial charge in [0.25, 0.3) is 5.91 Å². The van der Waals surface area contributed by atoms with Crippen LogP contribution in [0.25, 0.3) is 16.7 Å². The molecule has 0 spiro atoms. The van der Waals surface area contributed by atoms with Gasteiger partial charge in [-0.1, -0.05) is 30.3 Å².